The average molecular weight is 297 g/mol. The van der Waals surface area contributed by atoms with Crippen molar-refractivity contribution in [2.75, 3.05) is 5.32 Å². The van der Waals surface area contributed by atoms with E-state index in [0.717, 1.165) is 22.1 Å². The van der Waals surface area contributed by atoms with Crippen LogP contribution in [0.15, 0.2) is 24.3 Å². The molecule has 0 aliphatic heterocycles. The van der Waals surface area contributed by atoms with Crippen molar-refractivity contribution in [3.63, 3.8) is 0 Å². The number of nitrogens with zero attached hydrogens (tertiary/aromatic N) is 2. The van der Waals surface area contributed by atoms with E-state index in [1.165, 1.54) is 23.5 Å². The summed E-state index contributed by atoms with van der Waals surface area (Å²) < 4.78 is 24.8. The summed E-state index contributed by atoms with van der Waals surface area (Å²) in [5.41, 5.74) is 0.985. The minimum absolute atomic E-state index is 0.0453. The van der Waals surface area contributed by atoms with Crippen molar-refractivity contribution < 1.29 is 8.78 Å². The molecule has 0 saturated carbocycles. The molecule has 2 aromatic rings. The molecule has 6 heteroatoms. The molecule has 0 saturated heterocycles. The van der Waals surface area contributed by atoms with Crippen LogP contribution in [0.1, 0.15) is 36.4 Å². The summed E-state index contributed by atoms with van der Waals surface area (Å²) in [7, 11) is 0. The van der Waals surface area contributed by atoms with Crippen LogP contribution < -0.4 is 5.32 Å². The fourth-order valence-corrected chi connectivity index (χ4v) is 2.66. The maximum Gasteiger partial charge on any atom is 0.263 e. The van der Waals surface area contributed by atoms with Gasteiger partial charge in [0, 0.05) is 18.5 Å². The Hall–Kier alpha value is -1.56. The van der Waals surface area contributed by atoms with Gasteiger partial charge in [-0.1, -0.05) is 49.4 Å². The smallest absolute Gasteiger partial charge is 0.263 e. The van der Waals surface area contributed by atoms with E-state index in [9.17, 15) is 8.78 Å². The Morgan fingerprint density at radius 2 is 1.85 bits per heavy atom. The molecule has 0 aliphatic rings. The minimum Gasteiger partial charge on any atom is -0.356 e. The molecule has 2 rings (SSSR count). The predicted molar refractivity (Wildman–Crippen MR) is 77.2 cm³/mol. The summed E-state index contributed by atoms with van der Waals surface area (Å²) in [5.74, 6) is 0.553. The zero-order valence-corrected chi connectivity index (χ0v) is 12.3. The van der Waals surface area contributed by atoms with E-state index >= 15 is 0 Å². The van der Waals surface area contributed by atoms with Gasteiger partial charge in [0.2, 0.25) is 5.13 Å². The molecule has 20 heavy (non-hydrogen) atoms. The van der Waals surface area contributed by atoms with Gasteiger partial charge >= 0.3 is 0 Å². The standard InChI is InChI=1S/C14H17F2N3S/c1-9(2)7-12-18-19-14(20-12)17-8-10-3-5-11(6-4-10)13(15)16/h3-6,9,13H,7-8H2,1-2H3,(H,17,19). The number of hydrogen-bond acceptors (Lipinski definition) is 4. The second-order valence-corrected chi connectivity index (χ2v) is 6.06. The van der Waals surface area contributed by atoms with Crippen LogP contribution in [0.3, 0.4) is 0 Å². The average Bonchev–Trinajstić information content (AvgIpc) is 2.83. The summed E-state index contributed by atoms with van der Waals surface area (Å²) in [6, 6.07) is 6.30. The van der Waals surface area contributed by atoms with Gasteiger partial charge in [0.15, 0.2) is 0 Å². The van der Waals surface area contributed by atoms with Crippen molar-refractivity contribution >= 4 is 16.5 Å². The van der Waals surface area contributed by atoms with Crippen LogP contribution in [0.25, 0.3) is 0 Å². The molecular formula is C14H17F2N3S. The van der Waals surface area contributed by atoms with Gasteiger partial charge in [-0.2, -0.15) is 0 Å². The van der Waals surface area contributed by atoms with Crippen molar-refractivity contribution in [1.82, 2.24) is 10.2 Å². The van der Waals surface area contributed by atoms with Crippen molar-refractivity contribution in [3.8, 4) is 0 Å². The summed E-state index contributed by atoms with van der Waals surface area (Å²) in [4.78, 5) is 0. The molecule has 1 N–H and O–H groups in total. The van der Waals surface area contributed by atoms with Crippen LogP contribution in [0.4, 0.5) is 13.9 Å². The van der Waals surface area contributed by atoms with Crippen LogP contribution in [-0.2, 0) is 13.0 Å². The SMILES string of the molecule is CC(C)Cc1nnc(NCc2ccc(C(F)F)cc2)s1. The van der Waals surface area contributed by atoms with Crippen LogP contribution >= 0.6 is 11.3 Å². The van der Waals surface area contributed by atoms with Crippen LogP contribution in [-0.4, -0.2) is 10.2 Å². The fraction of sp³-hybridized carbons (Fsp3) is 0.429. The molecule has 0 unspecified atom stereocenters. The molecule has 0 bridgehead atoms. The van der Waals surface area contributed by atoms with E-state index in [1.54, 1.807) is 12.1 Å². The first-order chi connectivity index (χ1) is 9.54. The summed E-state index contributed by atoms with van der Waals surface area (Å²) in [6.07, 6.45) is -1.50. The number of alkyl halides is 2. The molecule has 0 atom stereocenters. The first-order valence-electron chi connectivity index (χ1n) is 6.48. The Balaban J connectivity index is 1.89. The Labute approximate surface area is 121 Å². The van der Waals surface area contributed by atoms with Gasteiger partial charge in [-0.05, 0) is 11.5 Å². The predicted octanol–water partition coefficient (Wildman–Crippen LogP) is 4.29. The third-order valence-corrected chi connectivity index (χ3v) is 3.63. The van der Waals surface area contributed by atoms with E-state index in [-0.39, 0.29) is 5.56 Å². The normalized spacial score (nSPS) is 11.3. The van der Waals surface area contributed by atoms with E-state index in [0.29, 0.717) is 12.5 Å². The highest BCUT2D eigenvalue weighted by atomic mass is 32.1. The highest BCUT2D eigenvalue weighted by molar-refractivity contribution is 7.15. The molecule has 1 aromatic heterocycles. The Morgan fingerprint density at radius 3 is 2.45 bits per heavy atom. The lowest BCUT2D eigenvalue weighted by atomic mass is 10.1. The van der Waals surface area contributed by atoms with Crippen molar-refractivity contribution in [1.29, 1.82) is 0 Å². The maximum atomic E-state index is 12.4. The van der Waals surface area contributed by atoms with E-state index in [4.69, 9.17) is 0 Å². The topological polar surface area (TPSA) is 37.8 Å². The highest BCUT2D eigenvalue weighted by Gasteiger charge is 2.07. The van der Waals surface area contributed by atoms with Crippen molar-refractivity contribution in [2.45, 2.75) is 33.2 Å². The number of aromatic nitrogens is 2. The Kier molecular flexibility index (Phi) is 5.00. The highest BCUT2D eigenvalue weighted by Crippen LogP contribution is 2.21. The minimum atomic E-state index is -2.42. The van der Waals surface area contributed by atoms with Gasteiger partial charge in [-0.3, -0.25) is 0 Å². The lowest BCUT2D eigenvalue weighted by molar-refractivity contribution is 0.151. The monoisotopic (exact) mass is 297 g/mol. The van der Waals surface area contributed by atoms with Crippen molar-refractivity contribution in [3.05, 3.63) is 40.4 Å². The fourth-order valence-electron chi connectivity index (χ4n) is 1.72. The van der Waals surface area contributed by atoms with E-state index in [1.807, 2.05) is 0 Å². The van der Waals surface area contributed by atoms with Gasteiger partial charge in [-0.25, -0.2) is 8.78 Å². The van der Waals surface area contributed by atoms with Crippen LogP contribution in [0.5, 0.6) is 0 Å². The number of benzene rings is 1. The third-order valence-electron chi connectivity index (χ3n) is 2.73. The summed E-state index contributed by atoms with van der Waals surface area (Å²) >= 11 is 1.54. The second-order valence-electron chi connectivity index (χ2n) is 4.99. The molecule has 1 heterocycles. The van der Waals surface area contributed by atoms with Gasteiger partial charge in [0.25, 0.3) is 6.43 Å². The molecule has 108 valence electrons. The zero-order valence-electron chi connectivity index (χ0n) is 11.4. The molecular weight excluding hydrogens is 280 g/mol. The molecule has 1 aromatic carbocycles. The molecule has 0 fully saturated rings. The summed E-state index contributed by atoms with van der Waals surface area (Å²) in [6.45, 7) is 4.83. The number of rotatable bonds is 6. The maximum absolute atomic E-state index is 12.4. The first-order valence-corrected chi connectivity index (χ1v) is 7.29. The number of hydrogen-bond donors (Lipinski definition) is 1. The van der Waals surface area contributed by atoms with Gasteiger partial charge < -0.3 is 5.32 Å². The quantitative estimate of drug-likeness (QED) is 0.864. The zero-order chi connectivity index (χ0) is 14.5. The lowest BCUT2D eigenvalue weighted by Crippen LogP contribution is -1.99. The molecule has 0 amide bonds. The van der Waals surface area contributed by atoms with Crippen molar-refractivity contribution in [2.24, 2.45) is 5.92 Å². The third kappa shape index (κ3) is 4.23. The molecule has 0 spiro atoms. The largest absolute Gasteiger partial charge is 0.356 e. The molecule has 0 radical (unpaired) electrons. The number of nitrogens with one attached hydrogen (secondary N) is 1. The molecule has 3 nitrogen and oxygen atoms in total. The van der Waals surface area contributed by atoms with Gasteiger partial charge in [-0.15, -0.1) is 10.2 Å². The van der Waals surface area contributed by atoms with Crippen LogP contribution in [0, 0.1) is 5.92 Å². The first kappa shape index (κ1) is 14.8. The van der Waals surface area contributed by atoms with E-state index < -0.39 is 6.43 Å². The van der Waals surface area contributed by atoms with Gasteiger partial charge in [0.1, 0.15) is 5.01 Å². The van der Waals surface area contributed by atoms with E-state index in [2.05, 4.69) is 29.4 Å². The van der Waals surface area contributed by atoms with Crippen LogP contribution in [0.2, 0.25) is 0 Å². The lowest BCUT2D eigenvalue weighted by Gasteiger charge is -2.04. The second kappa shape index (κ2) is 6.74. The Morgan fingerprint density at radius 1 is 1.15 bits per heavy atom. The molecule has 0 aliphatic carbocycles. The Bertz CT molecular complexity index is 538. The van der Waals surface area contributed by atoms with Gasteiger partial charge in [0.05, 0.1) is 0 Å². The number of anilines is 1. The summed E-state index contributed by atoms with van der Waals surface area (Å²) in [5, 5.41) is 13.1. The number of halogens is 2.